The highest BCUT2D eigenvalue weighted by Gasteiger charge is 2.09. The highest BCUT2D eigenvalue weighted by molar-refractivity contribution is 5.45. The maximum Gasteiger partial charge on any atom is 0.276 e. The minimum atomic E-state index is -0.432. The molecule has 0 radical (unpaired) electrons. The van der Waals surface area contributed by atoms with Crippen LogP contribution in [0.1, 0.15) is 16.8 Å². The Bertz CT molecular complexity index is 933. The summed E-state index contributed by atoms with van der Waals surface area (Å²) in [6.07, 6.45) is 3.24. The first-order chi connectivity index (χ1) is 10.1. The Morgan fingerprint density at radius 2 is 2.14 bits per heavy atom. The van der Waals surface area contributed by atoms with Crippen LogP contribution in [0.3, 0.4) is 0 Å². The summed E-state index contributed by atoms with van der Waals surface area (Å²) < 4.78 is 16.3. The van der Waals surface area contributed by atoms with E-state index in [4.69, 9.17) is 5.26 Å². The minimum absolute atomic E-state index is 0.139. The summed E-state index contributed by atoms with van der Waals surface area (Å²) in [7, 11) is 0. The second-order valence-corrected chi connectivity index (χ2v) is 4.76. The zero-order valence-corrected chi connectivity index (χ0v) is 11.2. The van der Waals surface area contributed by atoms with E-state index in [1.165, 1.54) is 27.3 Å². The first kappa shape index (κ1) is 13.1. The van der Waals surface area contributed by atoms with Crippen molar-refractivity contribution in [1.29, 1.82) is 5.26 Å². The minimum Gasteiger partial charge on any atom is -0.308 e. The van der Waals surface area contributed by atoms with Crippen molar-refractivity contribution in [2.75, 3.05) is 0 Å². The third-order valence-electron chi connectivity index (χ3n) is 3.25. The van der Waals surface area contributed by atoms with Gasteiger partial charge in [0.15, 0.2) is 0 Å². The van der Waals surface area contributed by atoms with Crippen LogP contribution in [0.5, 0.6) is 0 Å². The summed E-state index contributed by atoms with van der Waals surface area (Å²) in [6, 6.07) is 7.61. The number of halogens is 1. The van der Waals surface area contributed by atoms with Crippen molar-refractivity contribution in [1.82, 2.24) is 14.2 Å². The second-order valence-electron chi connectivity index (χ2n) is 4.76. The predicted octanol–water partition coefficient (Wildman–Crippen LogP) is 1.86. The predicted molar refractivity (Wildman–Crippen MR) is 74.4 cm³/mol. The van der Waals surface area contributed by atoms with Crippen LogP contribution < -0.4 is 5.56 Å². The third kappa shape index (κ3) is 2.30. The molecule has 0 N–H and O–H groups in total. The summed E-state index contributed by atoms with van der Waals surface area (Å²) in [4.78, 5) is 12.4. The van der Waals surface area contributed by atoms with E-state index < -0.39 is 5.82 Å². The van der Waals surface area contributed by atoms with Crippen LogP contribution in [0, 0.1) is 24.1 Å². The van der Waals surface area contributed by atoms with Gasteiger partial charge < -0.3 is 4.57 Å². The van der Waals surface area contributed by atoms with Crippen LogP contribution in [0.25, 0.3) is 5.52 Å². The fourth-order valence-corrected chi connectivity index (χ4v) is 2.26. The average Bonchev–Trinajstić information content (AvgIpc) is 2.84. The van der Waals surface area contributed by atoms with E-state index in [1.807, 2.05) is 6.07 Å². The van der Waals surface area contributed by atoms with Gasteiger partial charge in [0.05, 0.1) is 23.9 Å². The molecule has 0 saturated carbocycles. The molecule has 0 fully saturated rings. The lowest BCUT2D eigenvalue weighted by atomic mass is 10.1. The largest absolute Gasteiger partial charge is 0.308 e. The molecule has 21 heavy (non-hydrogen) atoms. The van der Waals surface area contributed by atoms with Gasteiger partial charge in [-0.1, -0.05) is 0 Å². The Balaban J connectivity index is 2.11. The molecule has 3 rings (SSSR count). The number of aromatic nitrogens is 3. The van der Waals surface area contributed by atoms with E-state index in [0.717, 1.165) is 5.69 Å². The number of fused-ring (bicyclic) bond motifs is 1. The summed E-state index contributed by atoms with van der Waals surface area (Å²) >= 11 is 0. The summed E-state index contributed by atoms with van der Waals surface area (Å²) in [6.45, 7) is 1.94. The van der Waals surface area contributed by atoms with Gasteiger partial charge in [0, 0.05) is 12.4 Å². The first-order valence-corrected chi connectivity index (χ1v) is 6.32. The standard InChI is InChI=1S/C15H11FN4O/c1-10-6-14-15(21)19(4-5-20(14)18-10)9-12-7-13(16)3-2-11(12)8-17/h2-7H,9H2,1H3. The number of hydrogen-bond acceptors (Lipinski definition) is 3. The second kappa shape index (κ2) is 4.87. The number of nitrogens with zero attached hydrogens (tertiary/aromatic N) is 4. The smallest absolute Gasteiger partial charge is 0.276 e. The van der Waals surface area contributed by atoms with Crippen molar-refractivity contribution in [2.45, 2.75) is 13.5 Å². The van der Waals surface area contributed by atoms with Crippen molar-refractivity contribution in [3.05, 3.63) is 69.7 Å². The fourth-order valence-electron chi connectivity index (χ4n) is 2.26. The Hall–Kier alpha value is -2.94. The molecular weight excluding hydrogens is 271 g/mol. The van der Waals surface area contributed by atoms with E-state index in [1.54, 1.807) is 25.4 Å². The lowest BCUT2D eigenvalue weighted by Crippen LogP contribution is -2.22. The van der Waals surface area contributed by atoms with Gasteiger partial charge in [-0.15, -0.1) is 0 Å². The van der Waals surface area contributed by atoms with Crippen molar-refractivity contribution < 1.29 is 4.39 Å². The molecule has 0 saturated heterocycles. The molecule has 2 aromatic heterocycles. The number of nitriles is 1. The van der Waals surface area contributed by atoms with Gasteiger partial charge in [-0.05, 0) is 36.8 Å². The quantitative estimate of drug-likeness (QED) is 0.720. The van der Waals surface area contributed by atoms with Gasteiger partial charge in [0.2, 0.25) is 0 Å². The Labute approximate surface area is 119 Å². The molecule has 0 unspecified atom stereocenters. The number of benzene rings is 1. The van der Waals surface area contributed by atoms with Gasteiger partial charge in [-0.2, -0.15) is 10.4 Å². The number of aryl methyl sites for hydroxylation is 1. The molecule has 1 aromatic carbocycles. The van der Waals surface area contributed by atoms with Crippen molar-refractivity contribution >= 4 is 5.52 Å². The summed E-state index contributed by atoms with van der Waals surface area (Å²) in [5.41, 5.74) is 1.79. The maximum atomic E-state index is 13.3. The molecule has 0 aliphatic carbocycles. The van der Waals surface area contributed by atoms with E-state index in [0.29, 0.717) is 16.6 Å². The number of rotatable bonds is 2. The van der Waals surface area contributed by atoms with E-state index in [2.05, 4.69) is 5.10 Å². The molecule has 0 bridgehead atoms. The van der Waals surface area contributed by atoms with Crippen molar-refractivity contribution in [2.24, 2.45) is 0 Å². The molecule has 0 aliphatic rings. The molecular formula is C15H11FN4O. The molecule has 104 valence electrons. The average molecular weight is 282 g/mol. The molecule has 3 aromatic rings. The number of hydrogen-bond donors (Lipinski definition) is 0. The van der Waals surface area contributed by atoms with Gasteiger partial charge in [0.25, 0.3) is 5.56 Å². The van der Waals surface area contributed by atoms with Gasteiger partial charge >= 0.3 is 0 Å². The van der Waals surface area contributed by atoms with Crippen LogP contribution in [0.15, 0.2) is 41.5 Å². The zero-order chi connectivity index (χ0) is 15.0. The van der Waals surface area contributed by atoms with Gasteiger partial charge in [0.1, 0.15) is 11.3 Å². The lowest BCUT2D eigenvalue weighted by molar-refractivity contribution is 0.622. The highest BCUT2D eigenvalue weighted by atomic mass is 19.1. The molecule has 2 heterocycles. The Morgan fingerprint density at radius 1 is 1.33 bits per heavy atom. The fraction of sp³-hybridized carbons (Fsp3) is 0.133. The van der Waals surface area contributed by atoms with Crippen LogP contribution >= 0.6 is 0 Å². The van der Waals surface area contributed by atoms with Crippen LogP contribution in [-0.4, -0.2) is 14.2 Å². The Kier molecular flexibility index (Phi) is 3.03. The molecule has 0 spiro atoms. The van der Waals surface area contributed by atoms with Crippen molar-refractivity contribution in [3.8, 4) is 6.07 Å². The van der Waals surface area contributed by atoms with E-state index >= 15 is 0 Å². The van der Waals surface area contributed by atoms with Crippen LogP contribution in [0.4, 0.5) is 4.39 Å². The molecule has 6 heteroatoms. The first-order valence-electron chi connectivity index (χ1n) is 6.32. The SMILES string of the molecule is Cc1cc2c(=O)n(Cc3cc(F)ccc3C#N)ccn2n1. The zero-order valence-electron chi connectivity index (χ0n) is 11.2. The molecule has 0 aliphatic heterocycles. The monoisotopic (exact) mass is 282 g/mol. The van der Waals surface area contributed by atoms with E-state index in [9.17, 15) is 9.18 Å². The molecule has 0 atom stereocenters. The lowest BCUT2D eigenvalue weighted by Gasteiger charge is -2.08. The summed E-state index contributed by atoms with van der Waals surface area (Å²) in [5, 5.41) is 13.2. The maximum absolute atomic E-state index is 13.3. The van der Waals surface area contributed by atoms with E-state index in [-0.39, 0.29) is 12.1 Å². The third-order valence-corrected chi connectivity index (χ3v) is 3.25. The normalized spacial score (nSPS) is 10.7. The topological polar surface area (TPSA) is 63.1 Å². The molecule has 0 amide bonds. The van der Waals surface area contributed by atoms with Crippen LogP contribution in [0.2, 0.25) is 0 Å². The van der Waals surface area contributed by atoms with Crippen LogP contribution in [-0.2, 0) is 6.54 Å². The van der Waals surface area contributed by atoms with Gasteiger partial charge in [-0.25, -0.2) is 8.91 Å². The highest BCUT2D eigenvalue weighted by Crippen LogP contribution is 2.12. The molecule has 5 nitrogen and oxygen atoms in total. The summed E-state index contributed by atoms with van der Waals surface area (Å²) in [5.74, 6) is -0.432. The Morgan fingerprint density at radius 3 is 2.90 bits per heavy atom. The van der Waals surface area contributed by atoms with Crippen molar-refractivity contribution in [3.63, 3.8) is 0 Å². The van der Waals surface area contributed by atoms with Gasteiger partial charge in [-0.3, -0.25) is 4.79 Å².